The van der Waals surface area contributed by atoms with Crippen LogP contribution in [0, 0.1) is 20.8 Å². The van der Waals surface area contributed by atoms with Crippen LogP contribution in [-0.2, 0) is 11.8 Å². The van der Waals surface area contributed by atoms with Crippen LogP contribution >= 0.6 is 11.3 Å². The second-order valence-electron chi connectivity index (χ2n) is 6.84. The van der Waals surface area contributed by atoms with E-state index in [1.807, 2.05) is 43.6 Å². The summed E-state index contributed by atoms with van der Waals surface area (Å²) in [7, 11) is 1.94. The summed E-state index contributed by atoms with van der Waals surface area (Å²) in [6.45, 7) is 9.78. The van der Waals surface area contributed by atoms with Crippen LogP contribution in [0.15, 0.2) is 6.20 Å². The van der Waals surface area contributed by atoms with Crippen molar-refractivity contribution in [2.75, 3.05) is 13.1 Å². The van der Waals surface area contributed by atoms with Gasteiger partial charge in [-0.1, -0.05) is 0 Å². The van der Waals surface area contributed by atoms with E-state index in [0.29, 0.717) is 5.92 Å². The Morgan fingerprint density at radius 1 is 1.29 bits per heavy atom. The summed E-state index contributed by atoms with van der Waals surface area (Å²) < 4.78 is 1.87. The molecule has 0 bridgehead atoms. The van der Waals surface area contributed by atoms with E-state index >= 15 is 0 Å². The fraction of sp³-hybridized carbons (Fsp3) is 0.611. The molecule has 0 aliphatic carbocycles. The number of hydrogen-bond acceptors (Lipinski definition) is 4. The van der Waals surface area contributed by atoms with Gasteiger partial charge < -0.3 is 4.90 Å². The van der Waals surface area contributed by atoms with Crippen LogP contribution in [0.25, 0.3) is 0 Å². The van der Waals surface area contributed by atoms with Crippen molar-refractivity contribution >= 4 is 17.2 Å². The highest BCUT2D eigenvalue weighted by Gasteiger charge is 2.30. The Bertz CT molecular complexity index is 740. The summed E-state index contributed by atoms with van der Waals surface area (Å²) >= 11 is 1.79. The van der Waals surface area contributed by atoms with Gasteiger partial charge in [-0.25, -0.2) is 4.98 Å². The van der Waals surface area contributed by atoms with Gasteiger partial charge in [0.05, 0.1) is 16.6 Å². The number of thiazole rings is 1. The Kier molecular flexibility index (Phi) is 4.76. The summed E-state index contributed by atoms with van der Waals surface area (Å²) in [4.78, 5) is 20.7. The summed E-state index contributed by atoms with van der Waals surface area (Å²) in [6, 6.07) is 0. The van der Waals surface area contributed by atoms with E-state index in [-0.39, 0.29) is 11.8 Å². The minimum absolute atomic E-state index is 0.127. The normalized spacial score (nSPS) is 17.3. The number of piperidine rings is 1. The third-order valence-electron chi connectivity index (χ3n) is 5.16. The van der Waals surface area contributed by atoms with Crippen LogP contribution in [0.3, 0.4) is 0 Å². The van der Waals surface area contributed by atoms with Gasteiger partial charge in [0, 0.05) is 48.4 Å². The molecule has 3 rings (SSSR count). The third kappa shape index (κ3) is 3.11. The minimum atomic E-state index is -0.127. The molecule has 1 aliphatic heterocycles. The van der Waals surface area contributed by atoms with E-state index in [0.717, 1.165) is 42.9 Å². The quantitative estimate of drug-likeness (QED) is 0.857. The molecule has 24 heavy (non-hydrogen) atoms. The number of carbonyl (C=O) groups is 1. The first-order chi connectivity index (χ1) is 11.4. The molecule has 2 aromatic heterocycles. The van der Waals surface area contributed by atoms with E-state index < -0.39 is 0 Å². The molecule has 1 atom stereocenters. The Hall–Kier alpha value is -1.69. The van der Waals surface area contributed by atoms with Gasteiger partial charge in [-0.2, -0.15) is 5.10 Å². The number of likely N-dealkylation sites (tertiary alicyclic amines) is 1. The molecule has 5 nitrogen and oxygen atoms in total. The fourth-order valence-electron chi connectivity index (χ4n) is 3.72. The minimum Gasteiger partial charge on any atom is -0.342 e. The Morgan fingerprint density at radius 3 is 2.46 bits per heavy atom. The topological polar surface area (TPSA) is 51.0 Å². The van der Waals surface area contributed by atoms with Crippen molar-refractivity contribution in [3.63, 3.8) is 0 Å². The molecule has 3 heterocycles. The van der Waals surface area contributed by atoms with Gasteiger partial charge in [-0.3, -0.25) is 9.48 Å². The molecule has 1 unspecified atom stereocenters. The summed E-state index contributed by atoms with van der Waals surface area (Å²) in [5.74, 6) is 0.602. The monoisotopic (exact) mass is 346 g/mol. The zero-order valence-corrected chi connectivity index (χ0v) is 16.0. The molecule has 2 aromatic rings. The van der Waals surface area contributed by atoms with Crippen molar-refractivity contribution < 1.29 is 4.79 Å². The largest absolute Gasteiger partial charge is 0.342 e. The molecule has 6 heteroatoms. The second kappa shape index (κ2) is 6.67. The second-order valence-corrected chi connectivity index (χ2v) is 8.10. The maximum absolute atomic E-state index is 12.9. The number of hydrogen-bond donors (Lipinski definition) is 0. The lowest BCUT2D eigenvalue weighted by atomic mass is 9.93. The number of amides is 1. The number of rotatable bonds is 3. The molecule has 1 saturated heterocycles. The van der Waals surface area contributed by atoms with Gasteiger partial charge in [0.15, 0.2) is 0 Å². The highest BCUT2D eigenvalue weighted by molar-refractivity contribution is 7.11. The third-order valence-corrected chi connectivity index (χ3v) is 6.24. The molecular weight excluding hydrogens is 320 g/mol. The Balaban J connectivity index is 1.66. The standard InChI is InChI=1S/C18H26N4OS/c1-11-10-19-17(24-11)15-6-8-22(9-7-15)18(23)12(2)16-13(3)20-21(5)14(16)4/h10,12,15H,6-9H2,1-5H3. The van der Waals surface area contributed by atoms with Crippen LogP contribution in [0.1, 0.15) is 58.4 Å². The lowest BCUT2D eigenvalue weighted by Crippen LogP contribution is -2.40. The molecule has 130 valence electrons. The first kappa shape index (κ1) is 17.1. The average molecular weight is 347 g/mol. The van der Waals surface area contributed by atoms with E-state index in [2.05, 4.69) is 17.0 Å². The first-order valence-corrected chi connectivity index (χ1v) is 9.41. The van der Waals surface area contributed by atoms with Crippen molar-refractivity contribution in [1.29, 1.82) is 0 Å². The highest BCUT2D eigenvalue weighted by atomic mass is 32.1. The number of aryl methyl sites for hydroxylation is 3. The highest BCUT2D eigenvalue weighted by Crippen LogP contribution is 2.32. The maximum atomic E-state index is 12.9. The van der Waals surface area contributed by atoms with Crippen molar-refractivity contribution in [1.82, 2.24) is 19.7 Å². The Morgan fingerprint density at radius 2 is 1.96 bits per heavy atom. The smallest absolute Gasteiger partial charge is 0.229 e. The van der Waals surface area contributed by atoms with Gasteiger partial charge in [-0.05, 0) is 40.5 Å². The molecule has 0 aromatic carbocycles. The SMILES string of the molecule is Cc1cnc(C2CCN(C(=O)C(C)c3c(C)nn(C)c3C)CC2)s1. The fourth-order valence-corrected chi connectivity index (χ4v) is 4.66. The van der Waals surface area contributed by atoms with Crippen molar-refractivity contribution in [3.8, 4) is 0 Å². The molecule has 0 saturated carbocycles. The number of carbonyl (C=O) groups excluding carboxylic acids is 1. The molecule has 1 aliphatic rings. The molecular formula is C18H26N4OS. The van der Waals surface area contributed by atoms with E-state index in [4.69, 9.17) is 0 Å². The van der Waals surface area contributed by atoms with Crippen LogP contribution in [0.4, 0.5) is 0 Å². The zero-order valence-electron chi connectivity index (χ0n) is 15.2. The molecule has 0 N–H and O–H groups in total. The van der Waals surface area contributed by atoms with Crippen molar-refractivity contribution in [3.05, 3.63) is 33.0 Å². The Labute approximate surface area is 147 Å². The van der Waals surface area contributed by atoms with Gasteiger partial charge in [-0.15, -0.1) is 11.3 Å². The summed E-state index contributed by atoms with van der Waals surface area (Å²) in [5.41, 5.74) is 3.13. The number of aromatic nitrogens is 3. The van der Waals surface area contributed by atoms with Gasteiger partial charge in [0.2, 0.25) is 5.91 Å². The molecule has 0 spiro atoms. The van der Waals surface area contributed by atoms with Crippen LogP contribution in [0.2, 0.25) is 0 Å². The summed E-state index contributed by atoms with van der Waals surface area (Å²) in [6.07, 6.45) is 3.97. The summed E-state index contributed by atoms with van der Waals surface area (Å²) in [5, 5.41) is 5.68. The van der Waals surface area contributed by atoms with Gasteiger partial charge in [0.1, 0.15) is 0 Å². The van der Waals surface area contributed by atoms with E-state index in [1.165, 1.54) is 9.88 Å². The predicted molar refractivity (Wildman–Crippen MR) is 96.5 cm³/mol. The van der Waals surface area contributed by atoms with Gasteiger partial charge in [0.25, 0.3) is 0 Å². The molecule has 0 radical (unpaired) electrons. The zero-order chi connectivity index (χ0) is 17.4. The van der Waals surface area contributed by atoms with Crippen LogP contribution < -0.4 is 0 Å². The lowest BCUT2D eigenvalue weighted by Gasteiger charge is -2.33. The first-order valence-electron chi connectivity index (χ1n) is 8.59. The van der Waals surface area contributed by atoms with E-state index in [9.17, 15) is 4.79 Å². The molecule has 1 amide bonds. The van der Waals surface area contributed by atoms with E-state index in [1.54, 1.807) is 11.3 Å². The van der Waals surface area contributed by atoms with Crippen molar-refractivity contribution in [2.45, 2.75) is 52.4 Å². The lowest BCUT2D eigenvalue weighted by molar-refractivity contribution is -0.133. The van der Waals surface area contributed by atoms with Crippen LogP contribution in [-0.4, -0.2) is 38.7 Å². The number of nitrogens with zero attached hydrogens (tertiary/aromatic N) is 4. The maximum Gasteiger partial charge on any atom is 0.229 e. The van der Waals surface area contributed by atoms with Crippen molar-refractivity contribution in [2.24, 2.45) is 7.05 Å². The molecule has 1 fully saturated rings. The predicted octanol–water partition coefficient (Wildman–Crippen LogP) is 3.31. The van der Waals surface area contributed by atoms with Crippen LogP contribution in [0.5, 0.6) is 0 Å². The average Bonchev–Trinajstić information content (AvgIpc) is 3.10. The van der Waals surface area contributed by atoms with Gasteiger partial charge >= 0.3 is 0 Å².